The number of hydrogen-bond acceptors (Lipinski definition) is 6. The molecule has 288 valence electrons. The van der Waals surface area contributed by atoms with Crippen LogP contribution in [0.1, 0.15) is 164 Å². The zero-order chi connectivity index (χ0) is 39.1. The monoisotopic (exact) mass is 742 g/mol. The summed E-state index contributed by atoms with van der Waals surface area (Å²) in [6, 6.07) is 11.3. The van der Waals surface area contributed by atoms with E-state index in [1.165, 1.54) is 22.6 Å². The van der Waals surface area contributed by atoms with Crippen LogP contribution in [-0.4, -0.2) is 52.2 Å². The van der Waals surface area contributed by atoms with Gasteiger partial charge in [0.1, 0.15) is 0 Å². The van der Waals surface area contributed by atoms with Gasteiger partial charge in [-0.25, -0.2) is 4.90 Å². The Hall–Kier alpha value is -4.85. The van der Waals surface area contributed by atoms with Crippen molar-refractivity contribution in [3.63, 3.8) is 0 Å². The van der Waals surface area contributed by atoms with Crippen LogP contribution in [0.4, 0.5) is 0 Å². The summed E-state index contributed by atoms with van der Waals surface area (Å²) in [4.78, 5) is 73.0. The van der Waals surface area contributed by atoms with Crippen LogP contribution in [0, 0.1) is 19.8 Å². The Kier molecular flexibility index (Phi) is 11.0. The maximum Gasteiger partial charge on any atom is 0.310 e. The smallest absolute Gasteiger partial charge is 0.310 e. The fraction of sp³-hybridized carbons (Fsp3) is 0.468. The summed E-state index contributed by atoms with van der Waals surface area (Å²) in [7, 11) is 0. The molecule has 8 nitrogen and oxygen atoms in total. The van der Waals surface area contributed by atoms with Gasteiger partial charge in [-0.05, 0) is 101 Å². The van der Waals surface area contributed by atoms with Gasteiger partial charge in [-0.3, -0.25) is 28.9 Å². The lowest BCUT2D eigenvalue weighted by Gasteiger charge is -2.35. The summed E-state index contributed by atoms with van der Waals surface area (Å²) < 4.78 is 6.00. The summed E-state index contributed by atoms with van der Waals surface area (Å²) in [5.74, 6) is -2.22. The van der Waals surface area contributed by atoms with Gasteiger partial charge < -0.3 is 4.74 Å². The average Bonchev–Trinajstić information content (AvgIpc) is 3.17. The molecule has 0 saturated carbocycles. The molecule has 2 heterocycles. The molecule has 0 aliphatic carbocycles. The molecule has 55 heavy (non-hydrogen) atoms. The third-order valence-corrected chi connectivity index (χ3v) is 12.2. The van der Waals surface area contributed by atoms with E-state index in [1.807, 2.05) is 51.1 Å². The molecule has 2 atom stereocenters. The lowest BCUT2D eigenvalue weighted by atomic mass is 9.79. The largest absolute Gasteiger partial charge is 0.441 e. The van der Waals surface area contributed by atoms with Crippen LogP contribution in [0.15, 0.2) is 36.4 Å². The average molecular weight is 743 g/mol. The number of aryl methyl sites for hydroxylation is 2. The lowest BCUT2D eigenvalue weighted by molar-refractivity contribution is -0.159. The van der Waals surface area contributed by atoms with Crippen molar-refractivity contribution < 1.29 is 28.7 Å². The van der Waals surface area contributed by atoms with Gasteiger partial charge in [-0.1, -0.05) is 97.6 Å². The molecule has 0 bridgehead atoms. The Morgan fingerprint density at radius 3 is 1.62 bits per heavy atom. The lowest BCUT2D eigenvalue weighted by Crippen LogP contribution is -2.49. The van der Waals surface area contributed by atoms with Crippen LogP contribution in [0.5, 0.6) is 0 Å². The Labute approximate surface area is 323 Å². The van der Waals surface area contributed by atoms with Crippen molar-refractivity contribution in [3.8, 4) is 0 Å². The Balaban J connectivity index is 1.34. The second-order valence-electron chi connectivity index (χ2n) is 16.0. The molecule has 5 aromatic rings. The number of rotatable bonds is 17. The molecule has 0 fully saturated rings. The first-order valence-corrected chi connectivity index (χ1v) is 20.7. The number of fused-ring (bicyclic) bond motifs is 2. The molecule has 2 aliphatic rings. The van der Waals surface area contributed by atoms with Gasteiger partial charge in [0.2, 0.25) is 0 Å². The topological polar surface area (TPSA) is 101 Å². The highest BCUT2D eigenvalue weighted by Crippen LogP contribution is 2.48. The van der Waals surface area contributed by atoms with Gasteiger partial charge >= 0.3 is 5.97 Å². The third-order valence-electron chi connectivity index (χ3n) is 12.2. The standard InChI is InChI=1S/C47H54N2O6/c1-7-10-12-14-16-18-24-48-43(50)32-22-20-30-38-29(6)26-35-40-33(23-21-31(42(38)40)37-28(5)25-34(44(48)51)39(32)41(30)37)45(52)49(46(35)53)36(19-17-15-13-11-8-2)55-47(54)27(4)9-3/h20-23,25-27,36H,7-19,24H2,1-6H3. The molecular weight excluding hydrogens is 689 g/mol. The highest BCUT2D eigenvalue weighted by molar-refractivity contribution is 6.42. The molecule has 0 spiro atoms. The van der Waals surface area contributed by atoms with E-state index < -0.39 is 24.0 Å². The Morgan fingerprint density at radius 1 is 0.582 bits per heavy atom. The Morgan fingerprint density at radius 2 is 1.05 bits per heavy atom. The fourth-order valence-corrected chi connectivity index (χ4v) is 9.03. The SMILES string of the molecule is CCCCCCCCN1C(=O)c2ccc3c4c(C)cc5c6c(ccc(c7c(C)cc(c2c37)C1=O)c64)C(=O)N(C(CCCCCCC)OC(=O)C(C)CC)C5=O. The number of unbranched alkanes of at least 4 members (excludes halogenated alkanes) is 9. The molecular formula is C47H54N2O6. The Bertz CT molecular complexity index is 2360. The third kappa shape index (κ3) is 6.45. The number of esters is 1. The first-order chi connectivity index (χ1) is 26.5. The maximum atomic E-state index is 14.6. The fourth-order valence-electron chi connectivity index (χ4n) is 9.03. The minimum atomic E-state index is -1.01. The van der Waals surface area contributed by atoms with Crippen molar-refractivity contribution in [2.24, 2.45) is 5.92 Å². The molecule has 8 heteroatoms. The van der Waals surface area contributed by atoms with Crippen molar-refractivity contribution in [1.82, 2.24) is 9.80 Å². The van der Waals surface area contributed by atoms with Crippen LogP contribution in [0.2, 0.25) is 0 Å². The van der Waals surface area contributed by atoms with Gasteiger partial charge in [-0.2, -0.15) is 0 Å². The van der Waals surface area contributed by atoms with E-state index in [0.717, 1.165) is 101 Å². The van der Waals surface area contributed by atoms with E-state index in [2.05, 4.69) is 13.8 Å². The summed E-state index contributed by atoms with van der Waals surface area (Å²) in [5.41, 5.74) is 3.61. The van der Waals surface area contributed by atoms with Gasteiger partial charge in [0, 0.05) is 46.0 Å². The highest BCUT2D eigenvalue weighted by atomic mass is 16.6. The van der Waals surface area contributed by atoms with Crippen molar-refractivity contribution >= 4 is 72.7 Å². The number of amides is 4. The predicted octanol–water partition coefficient (Wildman–Crippen LogP) is 11.2. The first-order valence-electron chi connectivity index (χ1n) is 20.7. The number of hydrogen-bond donors (Lipinski definition) is 0. The molecule has 2 aliphatic heterocycles. The van der Waals surface area contributed by atoms with Gasteiger partial charge in [0.25, 0.3) is 23.6 Å². The molecule has 5 aromatic carbocycles. The van der Waals surface area contributed by atoms with Crippen LogP contribution in [0.3, 0.4) is 0 Å². The van der Waals surface area contributed by atoms with Crippen molar-refractivity contribution in [1.29, 1.82) is 0 Å². The number of nitrogens with zero attached hydrogens (tertiary/aromatic N) is 2. The zero-order valence-corrected chi connectivity index (χ0v) is 33.4. The normalized spacial score (nSPS) is 15.4. The number of carbonyl (C=O) groups excluding carboxylic acids is 5. The van der Waals surface area contributed by atoms with Crippen LogP contribution in [0.25, 0.3) is 43.1 Å². The second-order valence-corrected chi connectivity index (χ2v) is 16.0. The van der Waals surface area contributed by atoms with Gasteiger partial charge in [0.15, 0.2) is 6.23 Å². The van der Waals surface area contributed by atoms with E-state index in [4.69, 9.17) is 4.74 Å². The quantitative estimate of drug-likeness (QED) is 0.0309. The van der Waals surface area contributed by atoms with Crippen LogP contribution in [-0.2, 0) is 9.53 Å². The molecule has 2 unspecified atom stereocenters. The minimum Gasteiger partial charge on any atom is -0.441 e. The van der Waals surface area contributed by atoms with Gasteiger partial charge in [-0.15, -0.1) is 0 Å². The highest BCUT2D eigenvalue weighted by Gasteiger charge is 2.41. The molecule has 4 amide bonds. The zero-order valence-electron chi connectivity index (χ0n) is 33.4. The maximum absolute atomic E-state index is 14.6. The van der Waals surface area contributed by atoms with E-state index in [9.17, 15) is 24.0 Å². The van der Waals surface area contributed by atoms with E-state index in [-0.39, 0.29) is 17.7 Å². The van der Waals surface area contributed by atoms with E-state index in [1.54, 1.807) is 13.0 Å². The summed E-state index contributed by atoms with van der Waals surface area (Å²) in [6.07, 6.45) is 11.2. The van der Waals surface area contributed by atoms with E-state index >= 15 is 0 Å². The number of carbonyl (C=O) groups is 5. The second kappa shape index (κ2) is 15.7. The van der Waals surface area contributed by atoms with Crippen molar-refractivity contribution in [2.75, 3.05) is 6.54 Å². The van der Waals surface area contributed by atoms with Crippen LogP contribution >= 0.6 is 0 Å². The van der Waals surface area contributed by atoms with Crippen LogP contribution < -0.4 is 0 Å². The van der Waals surface area contributed by atoms with E-state index in [0.29, 0.717) is 52.4 Å². The van der Waals surface area contributed by atoms with Gasteiger partial charge in [0.05, 0.1) is 5.92 Å². The van der Waals surface area contributed by atoms with Crippen molar-refractivity contribution in [2.45, 2.75) is 131 Å². The minimum absolute atomic E-state index is 0.254. The first kappa shape index (κ1) is 38.4. The summed E-state index contributed by atoms with van der Waals surface area (Å²) in [6.45, 7) is 12.4. The summed E-state index contributed by atoms with van der Waals surface area (Å²) >= 11 is 0. The molecule has 0 aromatic heterocycles. The predicted molar refractivity (Wildman–Crippen MR) is 219 cm³/mol. The number of imide groups is 2. The molecule has 0 radical (unpaired) electrons. The number of ether oxygens (including phenoxy) is 1. The molecule has 0 saturated heterocycles. The molecule has 0 N–H and O–H groups in total. The number of benzene rings is 5. The summed E-state index contributed by atoms with van der Waals surface area (Å²) in [5, 5.41) is 6.50. The van der Waals surface area contributed by atoms with Crippen molar-refractivity contribution in [3.05, 3.63) is 69.8 Å². The molecule has 7 rings (SSSR count).